The number of rotatable bonds is 5. The van der Waals surface area contributed by atoms with E-state index in [1.54, 1.807) is 16.6 Å². The molecule has 1 aromatic heterocycles. The van der Waals surface area contributed by atoms with E-state index < -0.39 is 10.0 Å². The molecule has 0 aliphatic carbocycles. The molecule has 2 rings (SSSR count). The molecule has 0 saturated carbocycles. The second-order valence-electron chi connectivity index (χ2n) is 5.39. The summed E-state index contributed by atoms with van der Waals surface area (Å²) in [6.45, 7) is 6.18. The van der Waals surface area contributed by atoms with Crippen LogP contribution in [-0.4, -0.2) is 37.3 Å². The Morgan fingerprint density at radius 2 is 2.10 bits per heavy atom. The molecule has 0 aromatic carbocycles. The van der Waals surface area contributed by atoms with Crippen LogP contribution in [0.1, 0.15) is 33.1 Å². The minimum Gasteiger partial charge on any atom is -0.384 e. The van der Waals surface area contributed by atoms with Crippen molar-refractivity contribution in [3.63, 3.8) is 0 Å². The minimum absolute atomic E-state index is 0.294. The van der Waals surface area contributed by atoms with E-state index in [4.69, 9.17) is 0 Å². The monoisotopic (exact) mass is 297 g/mol. The van der Waals surface area contributed by atoms with Gasteiger partial charge in [0.25, 0.3) is 0 Å². The predicted molar refractivity (Wildman–Crippen MR) is 80.2 cm³/mol. The molecule has 0 amide bonds. The molecule has 2 heterocycles. The maximum atomic E-state index is 12.7. The van der Waals surface area contributed by atoms with Crippen molar-refractivity contribution < 1.29 is 8.42 Å². The van der Waals surface area contributed by atoms with Gasteiger partial charge in [-0.05, 0) is 31.2 Å². The Bertz CT molecular complexity index is 537. The summed E-state index contributed by atoms with van der Waals surface area (Å²) < 4.78 is 27.0. The molecule has 1 N–H and O–H groups in total. The summed E-state index contributed by atoms with van der Waals surface area (Å²) in [5.74, 6) is 0.605. The van der Waals surface area contributed by atoms with Crippen LogP contribution in [-0.2, 0) is 10.0 Å². The van der Waals surface area contributed by atoms with Crippen LogP contribution in [0.25, 0.3) is 0 Å². The third kappa shape index (κ3) is 3.30. The summed E-state index contributed by atoms with van der Waals surface area (Å²) >= 11 is 0. The Balaban J connectivity index is 2.25. The van der Waals surface area contributed by atoms with Crippen molar-refractivity contribution in [3.05, 3.63) is 18.5 Å². The molecule has 1 fully saturated rings. The van der Waals surface area contributed by atoms with Gasteiger partial charge in [-0.15, -0.1) is 0 Å². The summed E-state index contributed by atoms with van der Waals surface area (Å²) in [6.07, 6.45) is 5.87. The maximum absolute atomic E-state index is 12.7. The molecule has 0 spiro atoms. The highest BCUT2D eigenvalue weighted by Gasteiger charge is 2.30. The van der Waals surface area contributed by atoms with Gasteiger partial charge in [0.05, 0.1) is 5.69 Å². The molecule has 1 saturated heterocycles. The van der Waals surface area contributed by atoms with Crippen LogP contribution in [0.15, 0.2) is 23.4 Å². The number of nitrogens with one attached hydrogen (secondary N) is 1. The van der Waals surface area contributed by atoms with E-state index in [1.165, 1.54) is 6.20 Å². The van der Waals surface area contributed by atoms with Crippen LogP contribution < -0.4 is 5.32 Å². The van der Waals surface area contributed by atoms with Gasteiger partial charge in [0.2, 0.25) is 10.0 Å². The van der Waals surface area contributed by atoms with Crippen LogP contribution >= 0.6 is 0 Å². The zero-order valence-electron chi connectivity index (χ0n) is 12.2. The number of sulfonamides is 1. The molecule has 20 heavy (non-hydrogen) atoms. The van der Waals surface area contributed by atoms with Gasteiger partial charge >= 0.3 is 0 Å². The molecule has 1 aliphatic heterocycles. The maximum Gasteiger partial charge on any atom is 0.246 e. The molecule has 1 aromatic rings. The van der Waals surface area contributed by atoms with Gasteiger partial charge in [0.1, 0.15) is 4.90 Å². The van der Waals surface area contributed by atoms with Gasteiger partial charge in [0, 0.05) is 32.0 Å². The first-order valence-corrected chi connectivity index (χ1v) is 8.67. The Morgan fingerprint density at radius 3 is 2.75 bits per heavy atom. The van der Waals surface area contributed by atoms with E-state index in [0.29, 0.717) is 29.6 Å². The van der Waals surface area contributed by atoms with E-state index in [0.717, 1.165) is 25.8 Å². The van der Waals surface area contributed by atoms with Crippen LogP contribution in [0, 0.1) is 5.92 Å². The highest BCUT2D eigenvalue weighted by molar-refractivity contribution is 7.89. The lowest BCUT2D eigenvalue weighted by Gasteiger charge is -2.29. The molecule has 0 bridgehead atoms. The van der Waals surface area contributed by atoms with Crippen molar-refractivity contribution in [2.75, 3.05) is 25.0 Å². The average Bonchev–Trinajstić information content (AvgIpc) is 2.46. The van der Waals surface area contributed by atoms with Crippen molar-refractivity contribution in [1.82, 2.24) is 9.29 Å². The summed E-state index contributed by atoms with van der Waals surface area (Å²) in [7, 11) is -3.44. The molecule has 112 valence electrons. The first kappa shape index (κ1) is 15.3. The first-order valence-electron chi connectivity index (χ1n) is 7.23. The van der Waals surface area contributed by atoms with Crippen molar-refractivity contribution in [2.24, 2.45) is 5.92 Å². The summed E-state index contributed by atoms with van der Waals surface area (Å²) in [5, 5.41) is 3.17. The topological polar surface area (TPSA) is 62.3 Å². The van der Waals surface area contributed by atoms with Gasteiger partial charge in [-0.25, -0.2) is 8.42 Å². The highest BCUT2D eigenvalue weighted by atomic mass is 32.2. The molecule has 0 atom stereocenters. The van der Waals surface area contributed by atoms with Crippen LogP contribution in [0.3, 0.4) is 0 Å². The Hall–Kier alpha value is -1.14. The van der Waals surface area contributed by atoms with Crippen LogP contribution in [0.4, 0.5) is 5.69 Å². The fourth-order valence-corrected chi connectivity index (χ4v) is 3.94. The van der Waals surface area contributed by atoms with E-state index in [1.807, 2.05) is 6.92 Å². The molecular formula is C14H23N3O2S. The average molecular weight is 297 g/mol. The number of pyridine rings is 1. The Kier molecular flexibility index (Phi) is 4.99. The third-order valence-electron chi connectivity index (χ3n) is 3.71. The van der Waals surface area contributed by atoms with Crippen molar-refractivity contribution in [1.29, 1.82) is 0 Å². The van der Waals surface area contributed by atoms with Crippen molar-refractivity contribution in [3.8, 4) is 0 Å². The zero-order valence-corrected chi connectivity index (χ0v) is 13.0. The van der Waals surface area contributed by atoms with Gasteiger partial charge < -0.3 is 5.32 Å². The second kappa shape index (κ2) is 6.54. The number of piperidine rings is 1. The van der Waals surface area contributed by atoms with E-state index in [-0.39, 0.29) is 0 Å². The number of anilines is 1. The number of hydrogen-bond acceptors (Lipinski definition) is 4. The highest BCUT2D eigenvalue weighted by Crippen LogP contribution is 2.27. The second-order valence-corrected chi connectivity index (χ2v) is 7.29. The molecular weight excluding hydrogens is 274 g/mol. The van der Waals surface area contributed by atoms with Gasteiger partial charge in [-0.2, -0.15) is 4.31 Å². The fraction of sp³-hybridized carbons (Fsp3) is 0.643. The van der Waals surface area contributed by atoms with E-state index in [9.17, 15) is 8.42 Å². The quantitative estimate of drug-likeness (QED) is 0.906. The normalized spacial score (nSPS) is 18.1. The predicted octanol–water partition coefficient (Wildman–Crippen LogP) is 2.32. The summed E-state index contributed by atoms with van der Waals surface area (Å²) in [5.41, 5.74) is 0.653. The van der Waals surface area contributed by atoms with E-state index in [2.05, 4.69) is 17.2 Å². The number of hydrogen-bond donors (Lipinski definition) is 1. The first-order chi connectivity index (χ1) is 9.55. The van der Waals surface area contributed by atoms with Gasteiger partial charge in [-0.3, -0.25) is 4.98 Å². The zero-order chi connectivity index (χ0) is 14.6. The number of aromatic nitrogens is 1. The lowest BCUT2D eigenvalue weighted by Crippen LogP contribution is -2.38. The van der Waals surface area contributed by atoms with Crippen molar-refractivity contribution in [2.45, 2.75) is 38.0 Å². The Morgan fingerprint density at radius 1 is 1.40 bits per heavy atom. The minimum atomic E-state index is -3.44. The molecule has 5 nitrogen and oxygen atoms in total. The lowest BCUT2D eigenvalue weighted by atomic mass is 10.0. The number of nitrogens with zero attached hydrogens (tertiary/aromatic N) is 2. The van der Waals surface area contributed by atoms with Gasteiger partial charge in [0.15, 0.2) is 0 Å². The van der Waals surface area contributed by atoms with Crippen LogP contribution in [0.5, 0.6) is 0 Å². The molecule has 1 aliphatic rings. The fourth-order valence-electron chi connectivity index (χ4n) is 2.36. The van der Waals surface area contributed by atoms with E-state index >= 15 is 0 Å². The molecule has 6 heteroatoms. The Labute approximate surface area is 121 Å². The van der Waals surface area contributed by atoms with Crippen molar-refractivity contribution >= 4 is 15.7 Å². The smallest absolute Gasteiger partial charge is 0.246 e. The van der Waals surface area contributed by atoms with Gasteiger partial charge in [-0.1, -0.05) is 13.8 Å². The largest absolute Gasteiger partial charge is 0.384 e. The summed E-state index contributed by atoms with van der Waals surface area (Å²) in [6, 6.07) is 1.73. The lowest BCUT2D eigenvalue weighted by molar-refractivity contribution is 0.288. The molecule has 0 unspecified atom stereocenters. The molecule has 0 radical (unpaired) electrons. The summed E-state index contributed by atoms with van der Waals surface area (Å²) in [4.78, 5) is 4.28. The standard InChI is InChI=1S/C14H23N3O2S/c1-3-7-16-13-4-8-15-11-14(13)20(18,19)17-9-5-12(2)6-10-17/h4,8,11-12H,3,5-7,9-10H2,1-2H3,(H,15,16). The third-order valence-corrected chi connectivity index (χ3v) is 5.64. The van der Waals surface area contributed by atoms with Crippen LogP contribution in [0.2, 0.25) is 0 Å². The SMILES string of the molecule is CCCNc1ccncc1S(=O)(=O)N1CCC(C)CC1.